The van der Waals surface area contributed by atoms with E-state index in [1.54, 1.807) is 0 Å². The third kappa shape index (κ3) is 4.11. The first-order chi connectivity index (χ1) is 6.40. The van der Waals surface area contributed by atoms with Gasteiger partial charge in [-0.05, 0) is 24.8 Å². The quantitative estimate of drug-likeness (QED) is 0.721. The minimum atomic E-state index is -1.44. The summed E-state index contributed by atoms with van der Waals surface area (Å²) in [7, 11) is -1.44. The summed E-state index contributed by atoms with van der Waals surface area (Å²) < 4.78 is 0. The third-order valence-corrected chi connectivity index (χ3v) is 8.91. The van der Waals surface area contributed by atoms with Crippen LogP contribution in [0.1, 0.15) is 41.5 Å². The van der Waals surface area contributed by atoms with Crippen LogP contribution in [0.15, 0.2) is 11.8 Å². The smallest absolute Gasteiger partial charge is 0.0772 e. The molecule has 1 N–H and O–H groups in total. The van der Waals surface area contributed by atoms with Crippen molar-refractivity contribution in [2.45, 2.75) is 65.3 Å². The van der Waals surface area contributed by atoms with Gasteiger partial charge in [-0.15, -0.1) is 0 Å². The van der Waals surface area contributed by atoms with Gasteiger partial charge in [0.1, 0.15) is 0 Å². The summed E-state index contributed by atoms with van der Waals surface area (Å²) in [4.78, 5) is 0. The molecule has 2 heteroatoms. The van der Waals surface area contributed by atoms with Crippen LogP contribution >= 0.6 is 0 Å². The Balaban J connectivity index is 4.92. The van der Waals surface area contributed by atoms with Crippen LogP contribution in [-0.4, -0.2) is 18.8 Å². The highest BCUT2D eigenvalue weighted by Crippen LogP contribution is 2.44. The van der Waals surface area contributed by atoms with Crippen molar-refractivity contribution in [2.75, 3.05) is 0 Å². The van der Waals surface area contributed by atoms with Crippen LogP contribution in [0.25, 0.3) is 0 Å². The normalized spacial score (nSPS) is 15.3. The van der Waals surface area contributed by atoms with E-state index in [-0.39, 0.29) is 0 Å². The monoisotopic (exact) mass is 228 g/mol. The molecule has 15 heavy (non-hydrogen) atoms. The maximum absolute atomic E-state index is 9.72. The lowest BCUT2D eigenvalue weighted by Gasteiger charge is -2.42. The highest BCUT2D eigenvalue weighted by Gasteiger charge is 2.39. The molecule has 0 bridgehead atoms. The molecule has 0 aromatic carbocycles. The number of hydrogen-bond acceptors (Lipinski definition) is 1. The molecule has 0 aliphatic rings. The van der Waals surface area contributed by atoms with Gasteiger partial charge in [-0.25, -0.2) is 0 Å². The highest BCUT2D eigenvalue weighted by atomic mass is 28.3. The van der Waals surface area contributed by atoms with E-state index in [9.17, 15) is 5.11 Å². The topological polar surface area (TPSA) is 20.2 Å². The van der Waals surface area contributed by atoms with Gasteiger partial charge in [0.15, 0.2) is 0 Å². The van der Waals surface area contributed by atoms with E-state index in [2.05, 4.69) is 46.5 Å². The summed E-state index contributed by atoms with van der Waals surface area (Å²) in [6.07, 6.45) is 1.96. The molecule has 0 rings (SSSR count). The molecule has 0 saturated carbocycles. The van der Waals surface area contributed by atoms with E-state index in [1.165, 1.54) is 0 Å². The fourth-order valence-electron chi connectivity index (χ4n) is 1.37. The lowest BCUT2D eigenvalue weighted by atomic mass is 9.99. The lowest BCUT2D eigenvalue weighted by Crippen LogP contribution is -2.41. The first kappa shape index (κ1) is 14.9. The predicted octanol–water partition coefficient (Wildman–Crippen LogP) is 4.00. The Hall–Kier alpha value is -0.0831. The Morgan fingerprint density at radius 2 is 1.47 bits per heavy atom. The molecule has 90 valence electrons. The molecule has 0 spiro atoms. The summed E-state index contributed by atoms with van der Waals surface area (Å²) in [5, 5.41) is 10.1. The second kappa shape index (κ2) is 4.42. The summed E-state index contributed by atoms with van der Waals surface area (Å²) in [6, 6.07) is 0. The average molecular weight is 228 g/mol. The first-order valence-electron chi connectivity index (χ1n) is 5.83. The van der Waals surface area contributed by atoms with Gasteiger partial charge in [0.25, 0.3) is 0 Å². The SMILES string of the molecule is CC(C)C(C)(C)[Si](C)(C)/C=C/C(C)(C)O. The van der Waals surface area contributed by atoms with Gasteiger partial charge in [-0.1, -0.05) is 52.6 Å². The Morgan fingerprint density at radius 3 is 1.73 bits per heavy atom. The van der Waals surface area contributed by atoms with Gasteiger partial charge in [-0.3, -0.25) is 0 Å². The second-order valence-electron chi connectivity index (χ2n) is 6.59. The molecule has 0 amide bonds. The van der Waals surface area contributed by atoms with E-state index in [0.29, 0.717) is 11.0 Å². The number of hydrogen-bond donors (Lipinski definition) is 1. The van der Waals surface area contributed by atoms with Crippen molar-refractivity contribution in [3.8, 4) is 0 Å². The van der Waals surface area contributed by atoms with Crippen LogP contribution in [0.2, 0.25) is 18.1 Å². The molecule has 0 radical (unpaired) electrons. The maximum atomic E-state index is 9.72. The zero-order chi connectivity index (χ0) is 12.5. The largest absolute Gasteiger partial charge is 0.386 e. The summed E-state index contributed by atoms with van der Waals surface area (Å²) >= 11 is 0. The van der Waals surface area contributed by atoms with Crippen molar-refractivity contribution in [2.24, 2.45) is 5.92 Å². The fourth-order valence-corrected chi connectivity index (χ4v) is 4.11. The molecule has 1 nitrogen and oxygen atoms in total. The van der Waals surface area contributed by atoms with Gasteiger partial charge < -0.3 is 5.11 Å². The van der Waals surface area contributed by atoms with Crippen LogP contribution in [0.5, 0.6) is 0 Å². The third-order valence-electron chi connectivity index (χ3n) is 4.01. The predicted molar refractivity (Wildman–Crippen MR) is 71.8 cm³/mol. The van der Waals surface area contributed by atoms with Gasteiger partial charge in [0.05, 0.1) is 13.7 Å². The van der Waals surface area contributed by atoms with Gasteiger partial charge in [0.2, 0.25) is 0 Å². The molecule has 0 fully saturated rings. The molecular formula is C13H28OSi. The van der Waals surface area contributed by atoms with E-state index in [0.717, 1.165) is 0 Å². The first-order valence-corrected chi connectivity index (χ1v) is 8.91. The molecule has 0 aliphatic heterocycles. The van der Waals surface area contributed by atoms with Crippen molar-refractivity contribution < 1.29 is 5.11 Å². The summed E-state index contributed by atoms with van der Waals surface area (Å²) in [5.74, 6) is 0.672. The van der Waals surface area contributed by atoms with Crippen molar-refractivity contribution in [3.63, 3.8) is 0 Å². The molecule has 0 saturated heterocycles. The van der Waals surface area contributed by atoms with Gasteiger partial charge in [-0.2, -0.15) is 0 Å². The molecule has 0 aliphatic carbocycles. The van der Waals surface area contributed by atoms with Crippen LogP contribution in [0.4, 0.5) is 0 Å². The maximum Gasteiger partial charge on any atom is 0.0772 e. The average Bonchev–Trinajstić information content (AvgIpc) is 1.99. The number of rotatable bonds is 4. The zero-order valence-corrected chi connectivity index (χ0v) is 12.7. The molecule has 0 aromatic heterocycles. The zero-order valence-electron chi connectivity index (χ0n) is 11.7. The number of aliphatic hydroxyl groups is 1. The van der Waals surface area contributed by atoms with Crippen LogP contribution in [-0.2, 0) is 0 Å². The van der Waals surface area contributed by atoms with Crippen molar-refractivity contribution >= 4 is 8.07 Å². The van der Waals surface area contributed by atoms with Crippen molar-refractivity contribution in [1.29, 1.82) is 0 Å². The standard InChI is InChI=1S/C13H28OSi/c1-11(2)13(5,6)15(7,8)10-9-12(3,4)14/h9-11,14H,1-8H3/b10-9+. The molecule has 0 heterocycles. The highest BCUT2D eigenvalue weighted by molar-refractivity contribution is 6.84. The Bertz CT molecular complexity index is 231. The minimum Gasteiger partial charge on any atom is -0.386 e. The Kier molecular flexibility index (Phi) is 4.40. The van der Waals surface area contributed by atoms with Crippen LogP contribution in [0.3, 0.4) is 0 Å². The second-order valence-corrected chi connectivity index (χ2v) is 11.7. The van der Waals surface area contributed by atoms with E-state index in [4.69, 9.17) is 0 Å². The summed E-state index contributed by atoms with van der Waals surface area (Å²) in [5.41, 5.74) is 1.60. The van der Waals surface area contributed by atoms with Gasteiger partial charge >= 0.3 is 0 Å². The van der Waals surface area contributed by atoms with Gasteiger partial charge in [0, 0.05) is 0 Å². The van der Waals surface area contributed by atoms with Crippen LogP contribution in [0, 0.1) is 5.92 Å². The minimum absolute atomic E-state index is 0.356. The molecule has 0 unspecified atom stereocenters. The molecule has 0 atom stereocenters. The Labute approximate surface area is 96.6 Å². The molecule has 0 aromatic rings. The lowest BCUT2D eigenvalue weighted by molar-refractivity contribution is 0.133. The van der Waals surface area contributed by atoms with Crippen molar-refractivity contribution in [3.05, 3.63) is 11.8 Å². The van der Waals surface area contributed by atoms with Crippen molar-refractivity contribution in [1.82, 2.24) is 0 Å². The fraction of sp³-hybridized carbons (Fsp3) is 0.846. The molecular weight excluding hydrogens is 200 g/mol. The van der Waals surface area contributed by atoms with E-state index < -0.39 is 13.7 Å². The Morgan fingerprint density at radius 1 is 1.07 bits per heavy atom. The summed E-state index contributed by atoms with van der Waals surface area (Å²) in [6.45, 7) is 17.7. The van der Waals surface area contributed by atoms with E-state index >= 15 is 0 Å². The van der Waals surface area contributed by atoms with E-state index in [1.807, 2.05) is 19.9 Å². The van der Waals surface area contributed by atoms with Crippen LogP contribution < -0.4 is 0 Å².